The Kier molecular flexibility index (Phi) is 3.81. The van der Waals surface area contributed by atoms with Crippen LogP contribution < -0.4 is 0 Å². The van der Waals surface area contributed by atoms with Crippen LogP contribution in [-0.2, 0) is 4.74 Å². The second-order valence-corrected chi connectivity index (χ2v) is 5.15. The molecule has 2 heterocycles. The number of halogens is 1. The number of nitrogens with zero attached hydrogens (tertiary/aromatic N) is 3. The lowest BCUT2D eigenvalue weighted by Crippen LogP contribution is -2.09. The molecule has 0 aliphatic carbocycles. The van der Waals surface area contributed by atoms with E-state index < -0.39 is 5.97 Å². The van der Waals surface area contributed by atoms with Gasteiger partial charge in [0, 0.05) is 11.3 Å². The molecule has 22 heavy (non-hydrogen) atoms. The first kappa shape index (κ1) is 14.5. The van der Waals surface area contributed by atoms with Gasteiger partial charge in [-0.1, -0.05) is 41.9 Å². The number of benzene rings is 1. The molecule has 6 heteroatoms. The molecule has 0 N–H and O–H groups in total. The molecule has 1 aromatic carbocycles. The van der Waals surface area contributed by atoms with E-state index >= 15 is 0 Å². The molecule has 0 saturated carbocycles. The minimum atomic E-state index is -0.466. The van der Waals surface area contributed by atoms with Gasteiger partial charge in [-0.25, -0.2) is 14.3 Å². The van der Waals surface area contributed by atoms with E-state index in [-0.39, 0.29) is 5.69 Å². The SMILES string of the molecule is CCOC(=O)c1cc(C)n2nc(-c3ccccc3)c(Cl)c2n1. The Morgan fingerprint density at radius 2 is 2.05 bits per heavy atom. The molecule has 0 radical (unpaired) electrons. The highest BCUT2D eigenvalue weighted by atomic mass is 35.5. The highest BCUT2D eigenvalue weighted by Crippen LogP contribution is 2.30. The lowest BCUT2D eigenvalue weighted by atomic mass is 10.1. The molecule has 3 rings (SSSR count). The molecule has 0 aliphatic rings. The van der Waals surface area contributed by atoms with Crippen molar-refractivity contribution in [2.45, 2.75) is 13.8 Å². The molecule has 0 bridgehead atoms. The van der Waals surface area contributed by atoms with Crippen molar-refractivity contribution in [1.29, 1.82) is 0 Å². The number of hydrogen-bond acceptors (Lipinski definition) is 4. The van der Waals surface area contributed by atoms with Gasteiger partial charge in [0.05, 0.1) is 6.61 Å². The van der Waals surface area contributed by atoms with Crippen LogP contribution in [0, 0.1) is 6.92 Å². The summed E-state index contributed by atoms with van der Waals surface area (Å²) in [5.41, 5.74) is 2.97. The zero-order chi connectivity index (χ0) is 15.7. The van der Waals surface area contributed by atoms with Gasteiger partial charge in [0.2, 0.25) is 0 Å². The molecular formula is C16H14ClN3O2. The van der Waals surface area contributed by atoms with Gasteiger partial charge in [-0.2, -0.15) is 5.10 Å². The van der Waals surface area contributed by atoms with Crippen LogP contribution in [0.2, 0.25) is 5.02 Å². The summed E-state index contributed by atoms with van der Waals surface area (Å²) in [6, 6.07) is 11.3. The molecule has 5 nitrogen and oxygen atoms in total. The van der Waals surface area contributed by atoms with Gasteiger partial charge in [0.25, 0.3) is 0 Å². The summed E-state index contributed by atoms with van der Waals surface area (Å²) < 4.78 is 6.62. The highest BCUT2D eigenvalue weighted by molar-refractivity contribution is 6.36. The molecule has 0 spiro atoms. The van der Waals surface area contributed by atoms with E-state index in [0.29, 0.717) is 23.0 Å². The first-order valence-electron chi connectivity index (χ1n) is 6.90. The van der Waals surface area contributed by atoms with Crippen LogP contribution in [-0.4, -0.2) is 27.2 Å². The lowest BCUT2D eigenvalue weighted by molar-refractivity contribution is 0.0519. The van der Waals surface area contributed by atoms with Gasteiger partial charge < -0.3 is 4.74 Å². The van der Waals surface area contributed by atoms with E-state index in [1.807, 2.05) is 37.3 Å². The minimum absolute atomic E-state index is 0.230. The number of aryl methyl sites for hydroxylation is 1. The number of rotatable bonds is 3. The second kappa shape index (κ2) is 5.77. The summed E-state index contributed by atoms with van der Waals surface area (Å²) >= 11 is 6.42. The Labute approximate surface area is 132 Å². The molecule has 0 unspecified atom stereocenters. The third-order valence-electron chi connectivity index (χ3n) is 3.24. The lowest BCUT2D eigenvalue weighted by Gasteiger charge is -2.04. The number of ether oxygens (including phenoxy) is 1. The van der Waals surface area contributed by atoms with Crippen molar-refractivity contribution in [1.82, 2.24) is 14.6 Å². The number of carbonyl (C=O) groups is 1. The average molecular weight is 316 g/mol. The predicted molar refractivity (Wildman–Crippen MR) is 84.1 cm³/mol. The Morgan fingerprint density at radius 3 is 2.73 bits per heavy atom. The molecule has 3 aromatic rings. The van der Waals surface area contributed by atoms with Gasteiger partial charge in [-0.05, 0) is 19.9 Å². The third-order valence-corrected chi connectivity index (χ3v) is 3.59. The van der Waals surface area contributed by atoms with Crippen molar-refractivity contribution in [3.8, 4) is 11.3 Å². The maximum atomic E-state index is 11.9. The Morgan fingerprint density at radius 1 is 1.32 bits per heavy atom. The fourth-order valence-electron chi connectivity index (χ4n) is 2.23. The number of esters is 1. The molecular weight excluding hydrogens is 302 g/mol. The van der Waals surface area contributed by atoms with E-state index in [9.17, 15) is 4.79 Å². The monoisotopic (exact) mass is 315 g/mol. The zero-order valence-corrected chi connectivity index (χ0v) is 13.0. The molecule has 0 saturated heterocycles. The number of hydrogen-bond donors (Lipinski definition) is 0. The van der Waals surface area contributed by atoms with Crippen LogP contribution in [0.4, 0.5) is 0 Å². The van der Waals surface area contributed by atoms with Gasteiger partial charge in [-0.15, -0.1) is 0 Å². The van der Waals surface area contributed by atoms with Crippen LogP contribution in [0.3, 0.4) is 0 Å². The molecule has 112 valence electrons. The van der Waals surface area contributed by atoms with Crippen LogP contribution in [0.1, 0.15) is 23.1 Å². The second-order valence-electron chi connectivity index (χ2n) is 4.77. The van der Waals surface area contributed by atoms with E-state index in [1.165, 1.54) is 0 Å². The van der Waals surface area contributed by atoms with Crippen LogP contribution in [0.5, 0.6) is 0 Å². The van der Waals surface area contributed by atoms with Crippen molar-refractivity contribution < 1.29 is 9.53 Å². The maximum Gasteiger partial charge on any atom is 0.357 e. The van der Waals surface area contributed by atoms with E-state index in [0.717, 1.165) is 11.3 Å². The van der Waals surface area contributed by atoms with Gasteiger partial charge >= 0.3 is 5.97 Å². The van der Waals surface area contributed by atoms with Gasteiger partial charge in [0.1, 0.15) is 10.7 Å². The average Bonchev–Trinajstić information content (AvgIpc) is 2.86. The summed E-state index contributed by atoms with van der Waals surface area (Å²) in [7, 11) is 0. The van der Waals surface area contributed by atoms with Crippen LogP contribution >= 0.6 is 11.6 Å². The molecule has 0 amide bonds. The first-order valence-corrected chi connectivity index (χ1v) is 7.28. The highest BCUT2D eigenvalue weighted by Gasteiger charge is 2.18. The topological polar surface area (TPSA) is 56.5 Å². The van der Waals surface area contributed by atoms with Crippen molar-refractivity contribution in [2.24, 2.45) is 0 Å². The smallest absolute Gasteiger partial charge is 0.357 e. The van der Waals surface area contributed by atoms with Gasteiger partial charge in [-0.3, -0.25) is 0 Å². The molecule has 0 atom stereocenters. The minimum Gasteiger partial charge on any atom is -0.461 e. The van der Waals surface area contributed by atoms with Crippen molar-refractivity contribution >= 4 is 23.2 Å². The molecule has 2 aromatic heterocycles. The first-order chi connectivity index (χ1) is 10.6. The largest absolute Gasteiger partial charge is 0.461 e. The summed E-state index contributed by atoms with van der Waals surface area (Å²) in [4.78, 5) is 16.2. The Balaban J connectivity index is 2.18. The fourth-order valence-corrected chi connectivity index (χ4v) is 2.50. The van der Waals surface area contributed by atoms with Crippen LogP contribution in [0.25, 0.3) is 16.9 Å². The fraction of sp³-hybridized carbons (Fsp3) is 0.188. The number of aromatic nitrogens is 3. The van der Waals surface area contributed by atoms with Crippen molar-refractivity contribution in [3.05, 3.63) is 52.8 Å². The quantitative estimate of drug-likeness (QED) is 0.694. The van der Waals surface area contributed by atoms with E-state index in [2.05, 4.69) is 10.1 Å². The maximum absolute atomic E-state index is 11.9. The summed E-state index contributed by atoms with van der Waals surface area (Å²) in [6.07, 6.45) is 0. The Hall–Kier alpha value is -2.40. The standard InChI is InChI=1S/C16H14ClN3O2/c1-3-22-16(21)12-9-10(2)20-15(18-12)13(17)14(19-20)11-7-5-4-6-8-11/h4-9H,3H2,1-2H3. The summed E-state index contributed by atoms with van der Waals surface area (Å²) in [6.45, 7) is 3.89. The normalized spacial score (nSPS) is 10.9. The summed E-state index contributed by atoms with van der Waals surface area (Å²) in [5, 5.41) is 4.92. The zero-order valence-electron chi connectivity index (χ0n) is 12.2. The number of carbonyl (C=O) groups excluding carboxylic acids is 1. The Bertz CT molecular complexity index is 843. The van der Waals surface area contributed by atoms with E-state index in [4.69, 9.17) is 16.3 Å². The molecule has 0 aliphatic heterocycles. The molecule has 0 fully saturated rings. The van der Waals surface area contributed by atoms with Gasteiger partial charge in [0.15, 0.2) is 11.3 Å². The van der Waals surface area contributed by atoms with Crippen molar-refractivity contribution in [2.75, 3.05) is 6.61 Å². The van der Waals surface area contributed by atoms with Crippen LogP contribution in [0.15, 0.2) is 36.4 Å². The van der Waals surface area contributed by atoms with E-state index in [1.54, 1.807) is 17.5 Å². The third kappa shape index (κ3) is 2.44. The number of fused-ring (bicyclic) bond motifs is 1. The summed E-state index contributed by atoms with van der Waals surface area (Å²) in [5.74, 6) is -0.466. The van der Waals surface area contributed by atoms with Crippen molar-refractivity contribution in [3.63, 3.8) is 0 Å². The predicted octanol–water partition coefficient (Wildman–Crippen LogP) is 3.53.